The number of hydrogen-bond donors (Lipinski definition) is 0. The fraction of sp³-hybridized carbons (Fsp3) is 0.650. The van der Waals surface area contributed by atoms with Crippen molar-refractivity contribution in [3.8, 4) is 0 Å². The molecule has 4 rings (SSSR count). The average molecular weight is 372 g/mol. The van der Waals surface area contributed by atoms with Crippen LogP contribution in [0.3, 0.4) is 0 Å². The van der Waals surface area contributed by atoms with Crippen LogP contribution < -0.4 is 4.90 Å². The summed E-state index contributed by atoms with van der Waals surface area (Å²) in [7, 11) is 0. The van der Waals surface area contributed by atoms with Crippen molar-refractivity contribution in [2.45, 2.75) is 57.7 Å². The molecular formula is C20H28N4O3. The lowest BCUT2D eigenvalue weighted by Gasteiger charge is -2.44. The smallest absolute Gasteiger partial charge is 0.411 e. The van der Waals surface area contributed by atoms with E-state index in [1.54, 1.807) is 0 Å². The molecule has 1 aromatic rings. The second kappa shape index (κ2) is 7.11. The second-order valence-electron chi connectivity index (χ2n) is 8.51. The second-order valence-corrected chi connectivity index (χ2v) is 8.51. The van der Waals surface area contributed by atoms with Gasteiger partial charge in [0.05, 0.1) is 25.3 Å². The van der Waals surface area contributed by atoms with Crippen LogP contribution in [0.1, 0.15) is 45.6 Å². The minimum absolute atomic E-state index is 0.0168. The number of hydrogen-bond acceptors (Lipinski definition) is 6. The van der Waals surface area contributed by atoms with E-state index in [2.05, 4.69) is 20.9 Å². The van der Waals surface area contributed by atoms with Crippen molar-refractivity contribution in [3.05, 3.63) is 24.0 Å². The third kappa shape index (κ3) is 3.93. The van der Waals surface area contributed by atoms with E-state index in [0.29, 0.717) is 13.2 Å². The quantitative estimate of drug-likeness (QED) is 0.795. The monoisotopic (exact) mass is 372 g/mol. The Hall–Kier alpha value is -2.15. The topological polar surface area (TPSA) is 67.8 Å². The molecule has 146 valence electrons. The fourth-order valence-corrected chi connectivity index (χ4v) is 3.98. The van der Waals surface area contributed by atoms with Crippen LogP contribution in [0.5, 0.6) is 0 Å². The number of rotatable bonds is 2. The highest BCUT2D eigenvalue weighted by atomic mass is 16.6. The third-order valence-electron chi connectivity index (χ3n) is 5.20. The number of ether oxygens (including phenoxy) is 2. The van der Waals surface area contributed by atoms with Gasteiger partial charge in [0.2, 0.25) is 5.95 Å². The maximum Gasteiger partial charge on any atom is 0.411 e. The molecule has 3 aliphatic heterocycles. The van der Waals surface area contributed by atoms with E-state index in [0.717, 1.165) is 31.0 Å². The van der Waals surface area contributed by atoms with Gasteiger partial charge in [-0.05, 0) is 45.6 Å². The van der Waals surface area contributed by atoms with E-state index in [1.165, 1.54) is 18.4 Å². The van der Waals surface area contributed by atoms with Crippen molar-refractivity contribution in [2.75, 3.05) is 31.2 Å². The molecule has 0 N–H and O–H groups in total. The zero-order valence-corrected chi connectivity index (χ0v) is 16.4. The van der Waals surface area contributed by atoms with Crippen LogP contribution >= 0.6 is 0 Å². The van der Waals surface area contributed by atoms with Crippen LogP contribution in [0, 0.1) is 0 Å². The minimum atomic E-state index is -0.504. The summed E-state index contributed by atoms with van der Waals surface area (Å²) in [5.74, 6) is 0.812. The summed E-state index contributed by atoms with van der Waals surface area (Å²) < 4.78 is 11.3. The number of fused-ring (bicyclic) bond motifs is 2. The first kappa shape index (κ1) is 18.2. The van der Waals surface area contributed by atoms with E-state index in [1.807, 2.05) is 38.1 Å². The zero-order chi connectivity index (χ0) is 19.0. The number of carbonyl (C=O) groups excluding carboxylic acids is 1. The van der Waals surface area contributed by atoms with Crippen LogP contribution in [-0.4, -0.2) is 64.9 Å². The molecule has 0 aliphatic carbocycles. The maximum absolute atomic E-state index is 12.7. The van der Waals surface area contributed by atoms with Crippen LogP contribution in [-0.2, 0) is 9.47 Å². The van der Waals surface area contributed by atoms with Crippen molar-refractivity contribution in [1.29, 1.82) is 0 Å². The molecule has 1 amide bonds. The van der Waals surface area contributed by atoms with Crippen LogP contribution in [0.4, 0.5) is 10.7 Å². The van der Waals surface area contributed by atoms with Crippen LogP contribution in [0.25, 0.3) is 5.57 Å². The molecule has 2 saturated heterocycles. The summed E-state index contributed by atoms with van der Waals surface area (Å²) in [5, 5.41) is 0. The van der Waals surface area contributed by atoms with Crippen molar-refractivity contribution in [1.82, 2.24) is 14.9 Å². The maximum atomic E-state index is 12.7. The summed E-state index contributed by atoms with van der Waals surface area (Å²) >= 11 is 0. The standard InChI is InChI=1S/C20H28N4O3/c1-20(2,3)27-19(25)24-16-8-14(9-17(24)13-26-12-16)15-10-21-18(22-11-15)23-6-4-5-7-23/h8,10-11,16-17H,4-7,9,12-13H2,1-3H3. The Morgan fingerprint density at radius 3 is 2.52 bits per heavy atom. The van der Waals surface area contributed by atoms with Crippen molar-refractivity contribution in [2.24, 2.45) is 0 Å². The van der Waals surface area contributed by atoms with Crippen molar-refractivity contribution >= 4 is 17.6 Å². The first-order chi connectivity index (χ1) is 12.9. The lowest BCUT2D eigenvalue weighted by molar-refractivity contribution is -0.0510. The lowest BCUT2D eigenvalue weighted by Crippen LogP contribution is -2.57. The molecule has 7 nitrogen and oxygen atoms in total. The van der Waals surface area contributed by atoms with Gasteiger partial charge in [0.1, 0.15) is 5.60 Å². The van der Waals surface area contributed by atoms with E-state index in [4.69, 9.17) is 9.47 Å². The number of nitrogens with zero attached hydrogens (tertiary/aromatic N) is 4. The molecular weight excluding hydrogens is 344 g/mol. The first-order valence-electron chi connectivity index (χ1n) is 9.78. The predicted octanol–water partition coefficient (Wildman–Crippen LogP) is 2.87. The normalized spacial score (nSPS) is 25.4. The molecule has 2 fully saturated rings. The molecule has 27 heavy (non-hydrogen) atoms. The Morgan fingerprint density at radius 2 is 1.89 bits per heavy atom. The van der Waals surface area contributed by atoms with Gasteiger partial charge in [-0.25, -0.2) is 14.8 Å². The number of morpholine rings is 1. The van der Waals surface area contributed by atoms with E-state index in [-0.39, 0.29) is 18.2 Å². The lowest BCUT2D eigenvalue weighted by atomic mass is 9.91. The van der Waals surface area contributed by atoms with Gasteiger partial charge in [0, 0.05) is 31.0 Å². The molecule has 3 aliphatic rings. The van der Waals surface area contributed by atoms with Gasteiger partial charge in [-0.1, -0.05) is 6.08 Å². The van der Waals surface area contributed by atoms with Gasteiger partial charge in [0.25, 0.3) is 0 Å². The summed E-state index contributed by atoms with van der Waals surface area (Å²) in [6.45, 7) is 8.76. The van der Waals surface area contributed by atoms with Gasteiger partial charge in [-0.15, -0.1) is 0 Å². The molecule has 0 saturated carbocycles. The summed E-state index contributed by atoms with van der Waals surface area (Å²) in [4.78, 5) is 25.8. The Kier molecular flexibility index (Phi) is 4.80. The van der Waals surface area contributed by atoms with Crippen molar-refractivity contribution in [3.63, 3.8) is 0 Å². The van der Waals surface area contributed by atoms with Crippen LogP contribution in [0.2, 0.25) is 0 Å². The largest absolute Gasteiger partial charge is 0.444 e. The Balaban J connectivity index is 1.52. The van der Waals surface area contributed by atoms with Gasteiger partial charge in [-0.2, -0.15) is 0 Å². The van der Waals surface area contributed by atoms with Gasteiger partial charge < -0.3 is 14.4 Å². The Labute approximate surface area is 160 Å². The third-order valence-corrected chi connectivity index (χ3v) is 5.20. The molecule has 7 heteroatoms. The molecule has 2 unspecified atom stereocenters. The molecule has 2 atom stereocenters. The van der Waals surface area contributed by atoms with E-state index >= 15 is 0 Å². The molecule has 1 aromatic heterocycles. The van der Waals surface area contributed by atoms with E-state index in [9.17, 15) is 4.79 Å². The summed E-state index contributed by atoms with van der Waals surface area (Å²) in [5.41, 5.74) is 1.70. The Bertz CT molecular complexity index is 720. The first-order valence-corrected chi connectivity index (χ1v) is 9.78. The van der Waals surface area contributed by atoms with Gasteiger partial charge in [-0.3, -0.25) is 4.90 Å². The highest BCUT2D eigenvalue weighted by Gasteiger charge is 2.40. The number of carbonyl (C=O) groups is 1. The molecule has 0 spiro atoms. The minimum Gasteiger partial charge on any atom is -0.444 e. The Morgan fingerprint density at radius 1 is 1.19 bits per heavy atom. The van der Waals surface area contributed by atoms with Gasteiger partial charge in [0.15, 0.2) is 0 Å². The molecule has 4 heterocycles. The van der Waals surface area contributed by atoms with Crippen LogP contribution in [0.15, 0.2) is 18.5 Å². The molecule has 0 aromatic carbocycles. The molecule has 0 radical (unpaired) electrons. The number of amides is 1. The van der Waals surface area contributed by atoms with Gasteiger partial charge >= 0.3 is 6.09 Å². The fourth-order valence-electron chi connectivity index (χ4n) is 3.98. The predicted molar refractivity (Wildman–Crippen MR) is 103 cm³/mol. The summed E-state index contributed by atoms with van der Waals surface area (Å²) in [6, 6.07) is -0.127. The average Bonchev–Trinajstić information content (AvgIpc) is 3.14. The number of aromatic nitrogens is 2. The van der Waals surface area contributed by atoms with E-state index < -0.39 is 5.60 Å². The SMILES string of the molecule is CC(C)(C)OC(=O)N1C2C=C(c3cnc(N4CCCC4)nc3)CC1COC2. The zero-order valence-electron chi connectivity index (χ0n) is 16.4. The summed E-state index contributed by atoms with van der Waals surface area (Å²) in [6.07, 6.45) is 8.80. The number of anilines is 1. The molecule has 2 bridgehead atoms. The van der Waals surface area contributed by atoms with Crippen molar-refractivity contribution < 1.29 is 14.3 Å². The highest BCUT2D eigenvalue weighted by Crippen LogP contribution is 2.33. The highest BCUT2D eigenvalue weighted by molar-refractivity contribution is 5.74.